The second kappa shape index (κ2) is 8.68. The van der Waals surface area contributed by atoms with Crippen molar-refractivity contribution >= 4 is 34.7 Å². The highest BCUT2D eigenvalue weighted by atomic mass is 32.1. The summed E-state index contributed by atoms with van der Waals surface area (Å²) in [6, 6.07) is 5.79. The molecule has 0 aliphatic rings. The first-order valence-electron chi connectivity index (χ1n) is 7.67. The number of nitrogens with zero attached hydrogens (tertiary/aromatic N) is 2. The van der Waals surface area contributed by atoms with E-state index in [1.165, 1.54) is 40.9 Å². The van der Waals surface area contributed by atoms with Gasteiger partial charge < -0.3 is 9.47 Å². The predicted octanol–water partition coefficient (Wildman–Crippen LogP) is 4.38. The molecular formula is C18H15FN2O3S2. The Bertz CT molecular complexity index is 903. The maximum absolute atomic E-state index is 12.8. The average Bonchev–Trinajstić information content (AvgIpc) is 3.26. The van der Waals surface area contributed by atoms with E-state index in [1.807, 2.05) is 17.7 Å². The number of rotatable bonds is 7. The zero-order chi connectivity index (χ0) is 18.4. The summed E-state index contributed by atoms with van der Waals surface area (Å²) in [5.74, 6) is -0.195. The first kappa shape index (κ1) is 18.2. The molecule has 0 radical (unpaired) electrons. The van der Waals surface area contributed by atoms with E-state index in [0.717, 1.165) is 15.7 Å². The summed E-state index contributed by atoms with van der Waals surface area (Å²) < 4.78 is 23.5. The van der Waals surface area contributed by atoms with Gasteiger partial charge in [-0.1, -0.05) is 0 Å². The van der Waals surface area contributed by atoms with Gasteiger partial charge in [-0.05, 0) is 37.3 Å². The van der Waals surface area contributed by atoms with E-state index in [4.69, 9.17) is 9.47 Å². The Kier molecular flexibility index (Phi) is 6.08. The van der Waals surface area contributed by atoms with Gasteiger partial charge in [0, 0.05) is 16.8 Å². The van der Waals surface area contributed by atoms with Crippen LogP contribution in [0, 0.1) is 12.7 Å². The summed E-state index contributed by atoms with van der Waals surface area (Å²) in [6.07, 6.45) is 2.97. The van der Waals surface area contributed by atoms with E-state index in [-0.39, 0.29) is 19.0 Å². The third-order valence-electron chi connectivity index (χ3n) is 3.16. The van der Waals surface area contributed by atoms with Crippen molar-refractivity contribution in [3.63, 3.8) is 0 Å². The fraction of sp³-hybridized carbons (Fsp3) is 0.167. The Morgan fingerprint density at radius 2 is 1.96 bits per heavy atom. The molecule has 0 aliphatic carbocycles. The minimum atomic E-state index is -0.451. The molecule has 0 saturated heterocycles. The molecule has 3 rings (SSSR count). The molecule has 26 heavy (non-hydrogen) atoms. The summed E-state index contributed by atoms with van der Waals surface area (Å²) in [5.41, 5.74) is 1.39. The minimum absolute atomic E-state index is 0.0896. The zero-order valence-electron chi connectivity index (χ0n) is 13.8. The Hall–Kier alpha value is -2.58. The van der Waals surface area contributed by atoms with Crippen LogP contribution in [0.25, 0.3) is 6.08 Å². The average molecular weight is 390 g/mol. The molecule has 0 saturated carbocycles. The molecule has 2 heterocycles. The van der Waals surface area contributed by atoms with Gasteiger partial charge in [-0.15, -0.1) is 22.7 Å². The summed E-state index contributed by atoms with van der Waals surface area (Å²) in [4.78, 5) is 20.3. The number of benzene rings is 1. The number of thiazole rings is 2. The van der Waals surface area contributed by atoms with Gasteiger partial charge in [0.1, 0.15) is 29.8 Å². The quantitative estimate of drug-likeness (QED) is 0.442. The van der Waals surface area contributed by atoms with E-state index in [0.29, 0.717) is 11.4 Å². The summed E-state index contributed by atoms with van der Waals surface area (Å²) in [6.45, 7) is 2.26. The number of carbonyl (C=O) groups is 1. The first-order valence-corrected chi connectivity index (χ1v) is 9.43. The van der Waals surface area contributed by atoms with Crippen molar-refractivity contribution in [2.24, 2.45) is 0 Å². The normalized spacial score (nSPS) is 11.0. The lowest BCUT2D eigenvalue weighted by Crippen LogP contribution is -2.01. The summed E-state index contributed by atoms with van der Waals surface area (Å²) >= 11 is 2.93. The second-order valence-electron chi connectivity index (χ2n) is 5.21. The van der Waals surface area contributed by atoms with Gasteiger partial charge in [-0.2, -0.15) is 0 Å². The highest BCUT2D eigenvalue weighted by molar-refractivity contribution is 7.09. The van der Waals surface area contributed by atoms with Gasteiger partial charge in [0.2, 0.25) is 0 Å². The lowest BCUT2D eigenvalue weighted by atomic mass is 10.3. The van der Waals surface area contributed by atoms with E-state index >= 15 is 0 Å². The van der Waals surface area contributed by atoms with E-state index in [9.17, 15) is 9.18 Å². The van der Waals surface area contributed by atoms with Crippen molar-refractivity contribution in [3.05, 3.63) is 68.3 Å². The molecule has 0 atom stereocenters. The van der Waals surface area contributed by atoms with Gasteiger partial charge in [0.25, 0.3) is 0 Å². The maximum Gasteiger partial charge on any atom is 0.331 e. The molecule has 0 unspecified atom stereocenters. The fourth-order valence-corrected chi connectivity index (χ4v) is 3.23. The molecule has 0 N–H and O–H groups in total. The Labute approximate surface area is 157 Å². The van der Waals surface area contributed by atoms with Crippen molar-refractivity contribution in [2.45, 2.75) is 20.1 Å². The lowest BCUT2D eigenvalue weighted by Gasteiger charge is -2.03. The topological polar surface area (TPSA) is 61.3 Å². The molecular weight excluding hydrogens is 375 g/mol. The van der Waals surface area contributed by atoms with Crippen LogP contribution >= 0.6 is 22.7 Å². The van der Waals surface area contributed by atoms with Crippen LogP contribution in [0.4, 0.5) is 4.39 Å². The summed E-state index contributed by atoms with van der Waals surface area (Å²) in [5, 5.41) is 5.36. The van der Waals surface area contributed by atoms with Crippen LogP contribution in [0.15, 0.2) is 41.1 Å². The molecule has 1 aromatic carbocycles. The van der Waals surface area contributed by atoms with Crippen molar-refractivity contribution in [1.29, 1.82) is 0 Å². The number of halogens is 1. The molecule has 2 aromatic heterocycles. The van der Waals surface area contributed by atoms with Gasteiger partial charge in [-0.25, -0.2) is 19.2 Å². The van der Waals surface area contributed by atoms with Crippen LogP contribution in [0.3, 0.4) is 0 Å². The Morgan fingerprint density at radius 1 is 1.15 bits per heavy atom. The molecule has 0 bridgehead atoms. The van der Waals surface area contributed by atoms with Crippen molar-refractivity contribution in [3.8, 4) is 5.75 Å². The standard InChI is InChI=1S/C18H15FN2O3S2/c1-12-20-14(10-25-12)4-7-18(22)24-8-15-11-26-17(21-15)9-23-16-5-2-13(19)3-6-16/h2-7,10-11H,8-9H2,1H3/b7-4-. The predicted molar refractivity (Wildman–Crippen MR) is 98.5 cm³/mol. The molecule has 8 heteroatoms. The van der Waals surface area contributed by atoms with Crippen LogP contribution in [0.2, 0.25) is 0 Å². The largest absolute Gasteiger partial charge is 0.486 e. The van der Waals surface area contributed by atoms with Crippen molar-refractivity contribution in [2.75, 3.05) is 0 Å². The molecule has 0 aliphatic heterocycles. The molecule has 0 fully saturated rings. The molecule has 134 valence electrons. The highest BCUT2D eigenvalue weighted by Gasteiger charge is 2.06. The van der Waals surface area contributed by atoms with E-state index in [2.05, 4.69) is 9.97 Å². The van der Waals surface area contributed by atoms with Crippen LogP contribution in [0.1, 0.15) is 21.4 Å². The Balaban J connectivity index is 1.45. The SMILES string of the molecule is Cc1nc(/C=C\C(=O)OCc2csc(COc3ccc(F)cc3)n2)cs1. The van der Waals surface area contributed by atoms with Crippen LogP contribution < -0.4 is 4.74 Å². The maximum atomic E-state index is 12.8. The minimum Gasteiger partial charge on any atom is -0.486 e. The van der Waals surface area contributed by atoms with Crippen molar-refractivity contribution < 1.29 is 18.7 Å². The fourth-order valence-electron chi connectivity index (χ4n) is 1.96. The monoisotopic (exact) mass is 390 g/mol. The summed E-state index contributed by atoms with van der Waals surface area (Å²) in [7, 11) is 0. The Morgan fingerprint density at radius 3 is 2.69 bits per heavy atom. The van der Waals surface area contributed by atoms with Gasteiger partial charge >= 0.3 is 5.97 Å². The third kappa shape index (κ3) is 5.47. The second-order valence-corrected chi connectivity index (χ2v) is 7.21. The third-order valence-corrected chi connectivity index (χ3v) is 4.83. The number of ether oxygens (including phenoxy) is 2. The first-order chi connectivity index (χ1) is 12.6. The highest BCUT2D eigenvalue weighted by Crippen LogP contribution is 2.16. The van der Waals surface area contributed by atoms with Gasteiger partial charge in [0.15, 0.2) is 0 Å². The van der Waals surface area contributed by atoms with E-state index < -0.39 is 5.97 Å². The molecule has 3 aromatic rings. The molecule has 5 nitrogen and oxygen atoms in total. The van der Waals surface area contributed by atoms with Gasteiger partial charge in [-0.3, -0.25) is 0 Å². The molecule has 0 amide bonds. The van der Waals surface area contributed by atoms with Gasteiger partial charge in [0.05, 0.1) is 16.4 Å². The smallest absolute Gasteiger partial charge is 0.331 e. The molecule has 0 spiro atoms. The number of hydrogen-bond donors (Lipinski definition) is 0. The van der Waals surface area contributed by atoms with Crippen LogP contribution in [0.5, 0.6) is 5.75 Å². The van der Waals surface area contributed by atoms with Crippen LogP contribution in [-0.2, 0) is 22.7 Å². The lowest BCUT2D eigenvalue weighted by molar-refractivity contribution is -0.139. The number of carbonyl (C=O) groups excluding carboxylic acids is 1. The number of aromatic nitrogens is 2. The van der Waals surface area contributed by atoms with Crippen molar-refractivity contribution in [1.82, 2.24) is 9.97 Å². The number of esters is 1. The van der Waals surface area contributed by atoms with Crippen LogP contribution in [-0.4, -0.2) is 15.9 Å². The van der Waals surface area contributed by atoms with E-state index in [1.54, 1.807) is 18.2 Å². The number of hydrogen-bond acceptors (Lipinski definition) is 7. The number of aryl methyl sites for hydroxylation is 1. The zero-order valence-corrected chi connectivity index (χ0v) is 15.5.